The van der Waals surface area contributed by atoms with Gasteiger partial charge in [-0.2, -0.15) is 5.26 Å². The standard InChI is InChI=1S/C16H20N4O/c1-4-5-16-15(10-17)18-19-20(16)13-6-8-14(9-7-13)21-11-12(2)3/h6-9,12H,4-5,11H2,1-3H3. The third-order valence-electron chi connectivity index (χ3n) is 3.02. The Kier molecular flexibility index (Phi) is 4.94. The Morgan fingerprint density at radius 2 is 2.00 bits per heavy atom. The van der Waals surface area contributed by atoms with Crippen molar-refractivity contribution in [3.63, 3.8) is 0 Å². The number of aromatic nitrogens is 3. The summed E-state index contributed by atoms with van der Waals surface area (Å²) >= 11 is 0. The van der Waals surface area contributed by atoms with Gasteiger partial charge in [0.1, 0.15) is 11.8 Å². The first kappa shape index (κ1) is 15.0. The highest BCUT2D eigenvalue weighted by molar-refractivity contribution is 5.40. The molecule has 2 aromatic rings. The second-order valence-electron chi connectivity index (χ2n) is 5.36. The highest BCUT2D eigenvalue weighted by atomic mass is 16.5. The lowest BCUT2D eigenvalue weighted by molar-refractivity contribution is 0.271. The minimum Gasteiger partial charge on any atom is -0.493 e. The Morgan fingerprint density at radius 1 is 1.29 bits per heavy atom. The SMILES string of the molecule is CCCc1c(C#N)nnn1-c1ccc(OCC(C)C)cc1. The molecule has 0 spiro atoms. The number of nitriles is 1. The fraction of sp³-hybridized carbons (Fsp3) is 0.438. The second-order valence-corrected chi connectivity index (χ2v) is 5.36. The Morgan fingerprint density at radius 3 is 2.57 bits per heavy atom. The molecule has 0 fully saturated rings. The monoisotopic (exact) mass is 284 g/mol. The maximum Gasteiger partial charge on any atom is 0.186 e. The fourth-order valence-electron chi connectivity index (χ4n) is 2.00. The molecule has 1 aromatic carbocycles. The van der Waals surface area contributed by atoms with Gasteiger partial charge in [-0.15, -0.1) is 5.10 Å². The molecule has 0 saturated carbocycles. The molecule has 0 aliphatic rings. The summed E-state index contributed by atoms with van der Waals surface area (Å²) in [5.41, 5.74) is 2.15. The maximum atomic E-state index is 9.09. The molecule has 0 aliphatic heterocycles. The van der Waals surface area contributed by atoms with Crippen LogP contribution in [0.3, 0.4) is 0 Å². The molecule has 0 saturated heterocycles. The van der Waals surface area contributed by atoms with Crippen LogP contribution in [0.4, 0.5) is 0 Å². The summed E-state index contributed by atoms with van der Waals surface area (Å²) in [6.45, 7) is 7.00. The Hall–Kier alpha value is -2.35. The first-order valence-electron chi connectivity index (χ1n) is 7.23. The Labute approximate surface area is 125 Å². The zero-order valence-corrected chi connectivity index (χ0v) is 12.7. The summed E-state index contributed by atoms with van der Waals surface area (Å²) in [6.07, 6.45) is 1.72. The van der Waals surface area contributed by atoms with Crippen LogP contribution >= 0.6 is 0 Å². The van der Waals surface area contributed by atoms with Crippen LogP contribution in [0.5, 0.6) is 5.75 Å². The third kappa shape index (κ3) is 3.60. The summed E-state index contributed by atoms with van der Waals surface area (Å²) in [4.78, 5) is 0. The molecule has 0 amide bonds. The normalized spacial score (nSPS) is 10.6. The van der Waals surface area contributed by atoms with Gasteiger partial charge < -0.3 is 4.74 Å². The number of ether oxygens (including phenoxy) is 1. The lowest BCUT2D eigenvalue weighted by Gasteiger charge is -2.10. The van der Waals surface area contributed by atoms with Crippen LogP contribution < -0.4 is 4.74 Å². The summed E-state index contributed by atoms with van der Waals surface area (Å²) in [5.74, 6) is 1.33. The van der Waals surface area contributed by atoms with Crippen molar-refractivity contribution in [2.45, 2.75) is 33.6 Å². The van der Waals surface area contributed by atoms with E-state index < -0.39 is 0 Å². The molecule has 0 N–H and O–H groups in total. The van der Waals surface area contributed by atoms with Crippen LogP contribution in [0.25, 0.3) is 5.69 Å². The van der Waals surface area contributed by atoms with Gasteiger partial charge in [-0.05, 0) is 36.6 Å². The predicted molar refractivity (Wildman–Crippen MR) is 80.4 cm³/mol. The molecule has 1 heterocycles. The van der Waals surface area contributed by atoms with Gasteiger partial charge in [0, 0.05) is 0 Å². The molecule has 21 heavy (non-hydrogen) atoms. The first-order valence-corrected chi connectivity index (χ1v) is 7.23. The average Bonchev–Trinajstić information content (AvgIpc) is 2.89. The summed E-state index contributed by atoms with van der Waals surface area (Å²) in [6, 6.07) is 9.80. The molecule has 2 rings (SSSR count). The highest BCUT2D eigenvalue weighted by Crippen LogP contribution is 2.18. The summed E-state index contributed by atoms with van der Waals surface area (Å²) in [5, 5.41) is 17.1. The smallest absolute Gasteiger partial charge is 0.186 e. The van der Waals surface area contributed by atoms with Crippen LogP contribution in [0, 0.1) is 17.2 Å². The van der Waals surface area contributed by atoms with Crippen molar-refractivity contribution in [1.82, 2.24) is 15.0 Å². The van der Waals surface area contributed by atoms with E-state index in [4.69, 9.17) is 10.00 Å². The fourth-order valence-corrected chi connectivity index (χ4v) is 2.00. The number of nitrogens with zero attached hydrogens (tertiary/aromatic N) is 4. The van der Waals surface area contributed by atoms with E-state index in [2.05, 4.69) is 37.2 Å². The minimum atomic E-state index is 0.400. The third-order valence-corrected chi connectivity index (χ3v) is 3.02. The topological polar surface area (TPSA) is 63.7 Å². The second kappa shape index (κ2) is 6.89. The summed E-state index contributed by atoms with van der Waals surface area (Å²) in [7, 11) is 0. The molecule has 0 radical (unpaired) electrons. The van der Waals surface area contributed by atoms with E-state index in [0.717, 1.165) is 30.0 Å². The van der Waals surface area contributed by atoms with Crippen molar-refractivity contribution < 1.29 is 4.74 Å². The lowest BCUT2D eigenvalue weighted by Crippen LogP contribution is -2.05. The van der Waals surface area contributed by atoms with E-state index in [1.165, 1.54) is 0 Å². The number of rotatable bonds is 6. The molecule has 5 heteroatoms. The van der Waals surface area contributed by atoms with Crippen LogP contribution in [0.1, 0.15) is 38.6 Å². The highest BCUT2D eigenvalue weighted by Gasteiger charge is 2.13. The first-order chi connectivity index (χ1) is 10.2. The molecular weight excluding hydrogens is 264 g/mol. The Bertz CT molecular complexity index is 623. The number of hydrogen-bond acceptors (Lipinski definition) is 4. The van der Waals surface area contributed by atoms with Gasteiger partial charge in [-0.25, -0.2) is 4.68 Å². The maximum absolute atomic E-state index is 9.09. The van der Waals surface area contributed by atoms with Crippen LogP contribution in [0.15, 0.2) is 24.3 Å². The predicted octanol–water partition coefficient (Wildman–Crippen LogP) is 3.13. The van der Waals surface area contributed by atoms with Gasteiger partial charge in [0.25, 0.3) is 0 Å². The molecule has 0 aliphatic carbocycles. The van der Waals surface area contributed by atoms with Gasteiger partial charge in [-0.1, -0.05) is 32.4 Å². The molecule has 0 bridgehead atoms. The van der Waals surface area contributed by atoms with Gasteiger partial charge >= 0.3 is 0 Å². The van der Waals surface area contributed by atoms with E-state index in [-0.39, 0.29) is 0 Å². The molecule has 110 valence electrons. The molecule has 0 atom stereocenters. The van der Waals surface area contributed by atoms with Crippen molar-refractivity contribution in [1.29, 1.82) is 5.26 Å². The van der Waals surface area contributed by atoms with Crippen molar-refractivity contribution in [2.24, 2.45) is 5.92 Å². The van der Waals surface area contributed by atoms with Crippen LogP contribution in [-0.4, -0.2) is 21.6 Å². The summed E-state index contributed by atoms with van der Waals surface area (Å²) < 4.78 is 7.40. The quantitative estimate of drug-likeness (QED) is 0.817. The van der Waals surface area contributed by atoms with E-state index >= 15 is 0 Å². The van der Waals surface area contributed by atoms with E-state index in [0.29, 0.717) is 18.2 Å². The van der Waals surface area contributed by atoms with Crippen molar-refractivity contribution in [2.75, 3.05) is 6.61 Å². The molecule has 0 unspecified atom stereocenters. The van der Waals surface area contributed by atoms with Gasteiger partial charge in [0.15, 0.2) is 5.69 Å². The lowest BCUT2D eigenvalue weighted by atomic mass is 10.2. The van der Waals surface area contributed by atoms with E-state index in [1.54, 1.807) is 4.68 Å². The van der Waals surface area contributed by atoms with E-state index in [9.17, 15) is 0 Å². The number of benzene rings is 1. The minimum absolute atomic E-state index is 0.400. The largest absolute Gasteiger partial charge is 0.493 e. The zero-order valence-electron chi connectivity index (χ0n) is 12.7. The average molecular weight is 284 g/mol. The van der Waals surface area contributed by atoms with Crippen LogP contribution in [0.2, 0.25) is 0 Å². The van der Waals surface area contributed by atoms with Gasteiger partial charge in [0.2, 0.25) is 0 Å². The van der Waals surface area contributed by atoms with Crippen molar-refractivity contribution in [3.05, 3.63) is 35.7 Å². The van der Waals surface area contributed by atoms with Crippen molar-refractivity contribution in [3.8, 4) is 17.5 Å². The van der Waals surface area contributed by atoms with Gasteiger partial charge in [0.05, 0.1) is 18.0 Å². The van der Waals surface area contributed by atoms with Gasteiger partial charge in [-0.3, -0.25) is 0 Å². The Balaban J connectivity index is 2.23. The van der Waals surface area contributed by atoms with Crippen molar-refractivity contribution >= 4 is 0 Å². The van der Waals surface area contributed by atoms with Crippen LogP contribution in [-0.2, 0) is 6.42 Å². The number of hydrogen-bond donors (Lipinski definition) is 0. The van der Waals surface area contributed by atoms with E-state index in [1.807, 2.05) is 24.3 Å². The molecule has 1 aromatic heterocycles. The molecular formula is C16H20N4O. The zero-order chi connectivity index (χ0) is 15.2. The molecule has 5 nitrogen and oxygen atoms in total.